The van der Waals surface area contributed by atoms with Gasteiger partial charge in [-0.25, -0.2) is 0 Å². The summed E-state index contributed by atoms with van der Waals surface area (Å²) < 4.78 is 4.89. The van der Waals surface area contributed by atoms with Gasteiger partial charge < -0.3 is 20.1 Å². The summed E-state index contributed by atoms with van der Waals surface area (Å²) in [6, 6.07) is 1.91. The summed E-state index contributed by atoms with van der Waals surface area (Å²) in [6.45, 7) is 6.21. The normalized spacial score (nSPS) is 19.3. The average Bonchev–Trinajstić information content (AvgIpc) is 3.10. The molecule has 26 heavy (non-hydrogen) atoms. The summed E-state index contributed by atoms with van der Waals surface area (Å²) in [7, 11) is 1.82. The van der Waals surface area contributed by atoms with Crippen molar-refractivity contribution < 1.29 is 9.32 Å². The summed E-state index contributed by atoms with van der Waals surface area (Å²) in [5.41, 5.74) is 0.977. The van der Waals surface area contributed by atoms with E-state index in [1.54, 1.807) is 6.26 Å². The second kappa shape index (κ2) is 9.56. The fourth-order valence-electron chi connectivity index (χ4n) is 3.31. The molecule has 1 saturated heterocycles. The molecule has 1 aromatic heterocycles. The fourth-order valence-corrected chi connectivity index (χ4v) is 3.31. The van der Waals surface area contributed by atoms with Crippen molar-refractivity contribution in [3.8, 4) is 0 Å². The second-order valence-corrected chi connectivity index (χ2v) is 7.00. The van der Waals surface area contributed by atoms with Gasteiger partial charge in [-0.05, 0) is 19.3 Å². The predicted molar refractivity (Wildman–Crippen MR) is 99.7 cm³/mol. The lowest BCUT2D eigenvalue weighted by molar-refractivity contribution is -0.127. The SMILES string of the molecule is CN=C(NCCCNC(=O)C1CCC1)N1CCN(Cc2ccon2)CC1. The molecule has 3 rings (SSSR count). The van der Waals surface area contributed by atoms with E-state index in [-0.39, 0.29) is 11.8 Å². The number of aromatic nitrogens is 1. The maximum absolute atomic E-state index is 11.8. The standard InChI is InChI=1S/C18H30N6O2/c1-19-18(21-8-3-7-20-17(25)15-4-2-5-15)24-11-9-23(10-12-24)14-16-6-13-26-22-16/h6,13,15H,2-5,7-12,14H2,1H3,(H,19,21)(H,20,25). The Bertz CT molecular complexity index is 577. The molecular formula is C18H30N6O2. The summed E-state index contributed by atoms with van der Waals surface area (Å²) in [4.78, 5) is 20.8. The summed E-state index contributed by atoms with van der Waals surface area (Å²) in [6.07, 6.45) is 5.83. The van der Waals surface area contributed by atoms with E-state index >= 15 is 0 Å². The molecule has 1 saturated carbocycles. The molecule has 2 fully saturated rings. The molecule has 1 aliphatic carbocycles. The number of hydrogen-bond donors (Lipinski definition) is 2. The molecule has 1 aromatic rings. The number of hydrogen-bond acceptors (Lipinski definition) is 5. The van der Waals surface area contributed by atoms with Crippen molar-refractivity contribution in [2.24, 2.45) is 10.9 Å². The van der Waals surface area contributed by atoms with Crippen molar-refractivity contribution >= 4 is 11.9 Å². The van der Waals surface area contributed by atoms with Crippen LogP contribution in [0.1, 0.15) is 31.4 Å². The number of guanidine groups is 1. The predicted octanol–water partition coefficient (Wildman–Crippen LogP) is 0.674. The van der Waals surface area contributed by atoms with Gasteiger partial charge in [0.1, 0.15) is 6.26 Å². The van der Waals surface area contributed by atoms with Crippen molar-refractivity contribution in [1.29, 1.82) is 0 Å². The minimum Gasteiger partial charge on any atom is -0.364 e. The van der Waals surface area contributed by atoms with Crippen molar-refractivity contribution in [1.82, 2.24) is 25.6 Å². The van der Waals surface area contributed by atoms with Gasteiger partial charge in [0.25, 0.3) is 0 Å². The van der Waals surface area contributed by atoms with Crippen molar-refractivity contribution in [3.05, 3.63) is 18.0 Å². The van der Waals surface area contributed by atoms with Crippen LogP contribution in [0.3, 0.4) is 0 Å². The third-order valence-corrected chi connectivity index (χ3v) is 5.17. The van der Waals surface area contributed by atoms with Gasteiger partial charge in [0.05, 0.1) is 5.69 Å². The molecule has 0 bridgehead atoms. The lowest BCUT2D eigenvalue weighted by atomic mass is 9.85. The topological polar surface area (TPSA) is 86.0 Å². The molecule has 0 unspecified atom stereocenters. The van der Waals surface area contributed by atoms with Gasteiger partial charge in [0, 0.05) is 64.8 Å². The Morgan fingerprint density at radius 3 is 2.65 bits per heavy atom. The zero-order valence-electron chi connectivity index (χ0n) is 15.6. The van der Waals surface area contributed by atoms with Crippen LogP contribution in [0.15, 0.2) is 21.8 Å². The molecule has 0 spiro atoms. The highest BCUT2D eigenvalue weighted by Gasteiger charge is 2.24. The molecule has 2 aliphatic rings. The first-order chi connectivity index (χ1) is 12.8. The highest BCUT2D eigenvalue weighted by atomic mass is 16.5. The summed E-state index contributed by atoms with van der Waals surface area (Å²) in [5.74, 6) is 1.43. The number of carbonyl (C=O) groups excluding carboxylic acids is 1. The zero-order valence-corrected chi connectivity index (χ0v) is 15.6. The number of aliphatic imine (C=N–C) groups is 1. The number of rotatable bonds is 7. The van der Waals surface area contributed by atoms with Crippen LogP contribution in [0.25, 0.3) is 0 Å². The lowest BCUT2D eigenvalue weighted by Gasteiger charge is -2.36. The Kier molecular flexibility index (Phi) is 6.88. The number of carbonyl (C=O) groups is 1. The Morgan fingerprint density at radius 1 is 1.27 bits per heavy atom. The van der Waals surface area contributed by atoms with Gasteiger partial charge in [0.15, 0.2) is 5.96 Å². The lowest BCUT2D eigenvalue weighted by Crippen LogP contribution is -2.52. The molecule has 2 heterocycles. The van der Waals surface area contributed by atoms with Gasteiger partial charge in [-0.3, -0.25) is 14.7 Å². The molecule has 1 aliphatic heterocycles. The molecule has 0 aromatic carbocycles. The number of amides is 1. The first kappa shape index (κ1) is 18.7. The van der Waals surface area contributed by atoms with Crippen LogP contribution in [-0.2, 0) is 11.3 Å². The second-order valence-electron chi connectivity index (χ2n) is 7.00. The summed E-state index contributed by atoms with van der Waals surface area (Å²) >= 11 is 0. The first-order valence-electron chi connectivity index (χ1n) is 9.61. The first-order valence-corrected chi connectivity index (χ1v) is 9.61. The van der Waals surface area contributed by atoms with Gasteiger partial charge in [0.2, 0.25) is 5.91 Å². The van der Waals surface area contributed by atoms with Crippen molar-refractivity contribution in [2.75, 3.05) is 46.3 Å². The number of piperazine rings is 1. The number of nitrogens with zero attached hydrogens (tertiary/aromatic N) is 4. The maximum atomic E-state index is 11.8. The molecule has 144 valence electrons. The molecule has 8 nitrogen and oxygen atoms in total. The van der Waals surface area contributed by atoms with E-state index < -0.39 is 0 Å². The van der Waals surface area contributed by atoms with Crippen LogP contribution < -0.4 is 10.6 Å². The third-order valence-electron chi connectivity index (χ3n) is 5.17. The van der Waals surface area contributed by atoms with Crippen LogP contribution in [0, 0.1) is 5.92 Å². The molecule has 0 radical (unpaired) electrons. The van der Waals surface area contributed by atoms with Crippen LogP contribution in [-0.4, -0.2) is 73.1 Å². The fraction of sp³-hybridized carbons (Fsp3) is 0.722. The van der Waals surface area contributed by atoms with Crippen LogP contribution in [0.2, 0.25) is 0 Å². The largest absolute Gasteiger partial charge is 0.364 e. The van der Waals surface area contributed by atoms with Gasteiger partial charge in [-0.1, -0.05) is 11.6 Å². The van der Waals surface area contributed by atoms with E-state index in [1.807, 2.05) is 13.1 Å². The Morgan fingerprint density at radius 2 is 2.04 bits per heavy atom. The molecule has 2 N–H and O–H groups in total. The minimum absolute atomic E-state index is 0.226. The van der Waals surface area contributed by atoms with E-state index in [9.17, 15) is 4.79 Å². The maximum Gasteiger partial charge on any atom is 0.223 e. The monoisotopic (exact) mass is 362 g/mol. The van der Waals surface area contributed by atoms with Crippen LogP contribution >= 0.6 is 0 Å². The Labute approximate surface area is 155 Å². The van der Waals surface area contributed by atoms with Gasteiger partial charge >= 0.3 is 0 Å². The van der Waals surface area contributed by atoms with Crippen molar-refractivity contribution in [3.63, 3.8) is 0 Å². The van der Waals surface area contributed by atoms with E-state index in [0.717, 1.165) is 76.7 Å². The quantitative estimate of drug-likeness (QED) is 0.421. The average molecular weight is 362 g/mol. The van der Waals surface area contributed by atoms with E-state index in [1.165, 1.54) is 6.42 Å². The summed E-state index contributed by atoms with van der Waals surface area (Å²) in [5, 5.41) is 10.4. The molecule has 0 atom stereocenters. The van der Waals surface area contributed by atoms with Crippen molar-refractivity contribution in [2.45, 2.75) is 32.2 Å². The van der Waals surface area contributed by atoms with E-state index in [4.69, 9.17) is 4.52 Å². The zero-order chi connectivity index (χ0) is 18.2. The molecule has 1 amide bonds. The highest BCUT2D eigenvalue weighted by molar-refractivity contribution is 5.80. The minimum atomic E-state index is 0.226. The molecule has 8 heteroatoms. The third kappa shape index (κ3) is 5.20. The Balaban J connectivity index is 1.30. The van der Waals surface area contributed by atoms with E-state index in [0.29, 0.717) is 0 Å². The van der Waals surface area contributed by atoms with E-state index in [2.05, 4.69) is 30.6 Å². The molecular weight excluding hydrogens is 332 g/mol. The highest BCUT2D eigenvalue weighted by Crippen LogP contribution is 2.25. The smallest absolute Gasteiger partial charge is 0.223 e. The van der Waals surface area contributed by atoms with Crippen LogP contribution in [0.4, 0.5) is 0 Å². The number of nitrogens with one attached hydrogen (secondary N) is 2. The van der Waals surface area contributed by atoms with Gasteiger partial charge in [-0.15, -0.1) is 0 Å². The Hall–Kier alpha value is -2.09. The van der Waals surface area contributed by atoms with Crippen LogP contribution in [0.5, 0.6) is 0 Å². The van der Waals surface area contributed by atoms with Gasteiger partial charge in [-0.2, -0.15) is 0 Å².